The smallest absolute Gasteiger partial charge is 0.243 e. The molecule has 0 amide bonds. The molecule has 1 aromatic heterocycles. The lowest BCUT2D eigenvalue weighted by atomic mass is 10.2. The van der Waals surface area contributed by atoms with Crippen LogP contribution in [0.25, 0.3) is 0 Å². The van der Waals surface area contributed by atoms with Crippen LogP contribution in [-0.4, -0.2) is 22.9 Å². The van der Waals surface area contributed by atoms with Gasteiger partial charge in [-0.25, -0.2) is 0 Å². The molecule has 1 N–H and O–H groups in total. The van der Waals surface area contributed by atoms with Crippen molar-refractivity contribution in [1.82, 2.24) is 15.5 Å². The minimum Gasteiger partial charge on any atom is -0.338 e. The minimum atomic E-state index is 0.190. The van der Waals surface area contributed by atoms with Gasteiger partial charge in [-0.3, -0.25) is 0 Å². The molecule has 5 heteroatoms. The van der Waals surface area contributed by atoms with Crippen LogP contribution in [0.4, 0.5) is 0 Å². The molecule has 1 saturated heterocycles. The van der Waals surface area contributed by atoms with Gasteiger partial charge in [0.15, 0.2) is 5.82 Å². The van der Waals surface area contributed by atoms with Gasteiger partial charge in [-0.15, -0.1) is 0 Å². The van der Waals surface area contributed by atoms with Gasteiger partial charge in [-0.05, 0) is 32.1 Å². The summed E-state index contributed by atoms with van der Waals surface area (Å²) in [4.78, 5) is 4.51. The van der Waals surface area contributed by atoms with Crippen LogP contribution in [-0.2, 0) is 0 Å². The highest BCUT2D eigenvalue weighted by Gasteiger charge is 2.23. The Bertz CT molecular complexity index is 319. The van der Waals surface area contributed by atoms with E-state index in [2.05, 4.69) is 22.4 Å². The zero-order valence-corrected chi connectivity index (χ0v) is 10.7. The van der Waals surface area contributed by atoms with Crippen molar-refractivity contribution < 1.29 is 4.52 Å². The van der Waals surface area contributed by atoms with Crippen molar-refractivity contribution in [2.24, 2.45) is 0 Å². The fraction of sp³-hybridized carbons (Fsp3) is 0.818. The molecule has 1 aliphatic rings. The second kappa shape index (κ2) is 5.68. The van der Waals surface area contributed by atoms with Crippen LogP contribution in [0.15, 0.2) is 4.52 Å². The van der Waals surface area contributed by atoms with Gasteiger partial charge in [-0.2, -0.15) is 16.7 Å². The molecule has 0 spiro atoms. The fourth-order valence-corrected chi connectivity index (χ4v) is 3.20. The first-order valence-corrected chi connectivity index (χ1v) is 7.02. The SMILES string of the molecule is CCC(NC)c1nc(C2CCCCS2)no1. The van der Waals surface area contributed by atoms with Crippen molar-refractivity contribution in [2.75, 3.05) is 12.8 Å². The van der Waals surface area contributed by atoms with E-state index in [1.54, 1.807) is 0 Å². The maximum absolute atomic E-state index is 5.32. The molecule has 1 aromatic rings. The van der Waals surface area contributed by atoms with E-state index in [0.29, 0.717) is 5.25 Å². The van der Waals surface area contributed by atoms with E-state index in [1.165, 1.54) is 25.0 Å². The van der Waals surface area contributed by atoms with Crippen LogP contribution in [0.2, 0.25) is 0 Å². The minimum absolute atomic E-state index is 0.190. The molecule has 0 radical (unpaired) electrons. The molecule has 2 rings (SSSR count). The lowest BCUT2D eigenvalue weighted by Gasteiger charge is -2.17. The van der Waals surface area contributed by atoms with Crippen molar-refractivity contribution >= 4 is 11.8 Å². The van der Waals surface area contributed by atoms with Crippen molar-refractivity contribution in [1.29, 1.82) is 0 Å². The van der Waals surface area contributed by atoms with E-state index >= 15 is 0 Å². The van der Waals surface area contributed by atoms with E-state index in [1.807, 2.05) is 18.8 Å². The van der Waals surface area contributed by atoms with Crippen LogP contribution in [0.5, 0.6) is 0 Å². The monoisotopic (exact) mass is 241 g/mol. The number of nitrogens with one attached hydrogen (secondary N) is 1. The highest BCUT2D eigenvalue weighted by molar-refractivity contribution is 7.99. The quantitative estimate of drug-likeness (QED) is 0.878. The maximum Gasteiger partial charge on any atom is 0.243 e. The third-order valence-corrected chi connectivity index (χ3v) is 4.35. The lowest BCUT2D eigenvalue weighted by Crippen LogP contribution is -2.15. The van der Waals surface area contributed by atoms with Crippen LogP contribution in [0.3, 0.4) is 0 Å². The number of hydrogen-bond donors (Lipinski definition) is 1. The molecule has 0 bridgehead atoms. The Balaban J connectivity index is 2.05. The highest BCUT2D eigenvalue weighted by atomic mass is 32.2. The Kier molecular flexibility index (Phi) is 4.23. The zero-order chi connectivity index (χ0) is 11.4. The number of nitrogens with zero attached hydrogens (tertiary/aromatic N) is 2. The van der Waals surface area contributed by atoms with E-state index in [9.17, 15) is 0 Å². The molecule has 0 saturated carbocycles. The summed E-state index contributed by atoms with van der Waals surface area (Å²) in [7, 11) is 1.92. The number of thioether (sulfide) groups is 1. The second-order valence-electron chi connectivity index (χ2n) is 4.10. The molecule has 2 heterocycles. The molecular formula is C11H19N3OS. The van der Waals surface area contributed by atoms with Crippen LogP contribution >= 0.6 is 11.8 Å². The highest BCUT2D eigenvalue weighted by Crippen LogP contribution is 2.37. The van der Waals surface area contributed by atoms with Gasteiger partial charge in [0.1, 0.15) is 0 Å². The van der Waals surface area contributed by atoms with Gasteiger partial charge in [0, 0.05) is 0 Å². The number of hydrogen-bond acceptors (Lipinski definition) is 5. The Hall–Kier alpha value is -0.550. The Morgan fingerprint density at radius 2 is 2.44 bits per heavy atom. The molecule has 4 nitrogen and oxygen atoms in total. The summed E-state index contributed by atoms with van der Waals surface area (Å²) < 4.78 is 5.32. The largest absolute Gasteiger partial charge is 0.338 e. The third kappa shape index (κ3) is 2.58. The summed E-state index contributed by atoms with van der Waals surface area (Å²) >= 11 is 1.95. The van der Waals surface area contributed by atoms with Gasteiger partial charge >= 0.3 is 0 Å². The summed E-state index contributed by atoms with van der Waals surface area (Å²) in [6.45, 7) is 2.11. The van der Waals surface area contributed by atoms with E-state index in [-0.39, 0.29) is 6.04 Å². The van der Waals surface area contributed by atoms with E-state index in [4.69, 9.17) is 4.52 Å². The van der Waals surface area contributed by atoms with Gasteiger partial charge in [0.2, 0.25) is 5.89 Å². The molecule has 2 unspecified atom stereocenters. The summed E-state index contributed by atoms with van der Waals surface area (Å²) in [6, 6.07) is 0.190. The molecule has 1 aliphatic heterocycles. The molecule has 2 atom stereocenters. The van der Waals surface area contributed by atoms with Crippen LogP contribution < -0.4 is 5.32 Å². The molecule has 1 fully saturated rings. The summed E-state index contributed by atoms with van der Waals surface area (Å²) in [6.07, 6.45) is 4.75. The number of aromatic nitrogens is 2. The lowest BCUT2D eigenvalue weighted by molar-refractivity contribution is 0.330. The summed E-state index contributed by atoms with van der Waals surface area (Å²) in [5, 5.41) is 7.74. The topological polar surface area (TPSA) is 51.0 Å². The van der Waals surface area contributed by atoms with Crippen molar-refractivity contribution in [3.05, 3.63) is 11.7 Å². The first-order valence-electron chi connectivity index (χ1n) is 5.97. The third-order valence-electron chi connectivity index (χ3n) is 2.98. The van der Waals surface area contributed by atoms with Crippen LogP contribution in [0.1, 0.15) is 55.6 Å². The van der Waals surface area contributed by atoms with Gasteiger partial charge in [-0.1, -0.05) is 18.5 Å². The van der Waals surface area contributed by atoms with Crippen molar-refractivity contribution in [3.63, 3.8) is 0 Å². The average Bonchev–Trinajstić information content (AvgIpc) is 2.81. The standard InChI is InChI=1S/C11H19N3OS/c1-3-8(12-2)11-13-10(14-15-11)9-6-4-5-7-16-9/h8-9,12H,3-7H2,1-2H3. The average molecular weight is 241 g/mol. The predicted molar refractivity (Wildman–Crippen MR) is 65.4 cm³/mol. The van der Waals surface area contributed by atoms with E-state index < -0.39 is 0 Å². The van der Waals surface area contributed by atoms with Gasteiger partial charge < -0.3 is 9.84 Å². The first kappa shape index (κ1) is 11.9. The van der Waals surface area contributed by atoms with Crippen molar-refractivity contribution in [2.45, 2.75) is 43.9 Å². The molecular weight excluding hydrogens is 222 g/mol. The zero-order valence-electron chi connectivity index (χ0n) is 9.90. The number of rotatable bonds is 4. The molecule has 0 aromatic carbocycles. The van der Waals surface area contributed by atoms with Crippen LogP contribution in [0, 0.1) is 0 Å². The van der Waals surface area contributed by atoms with Gasteiger partial charge in [0.25, 0.3) is 0 Å². The molecule has 16 heavy (non-hydrogen) atoms. The van der Waals surface area contributed by atoms with E-state index in [0.717, 1.165) is 18.1 Å². The first-order chi connectivity index (χ1) is 7.85. The summed E-state index contributed by atoms with van der Waals surface area (Å²) in [5.74, 6) is 2.83. The Morgan fingerprint density at radius 1 is 1.56 bits per heavy atom. The Labute approximate surface area is 101 Å². The summed E-state index contributed by atoms with van der Waals surface area (Å²) in [5.41, 5.74) is 0. The van der Waals surface area contributed by atoms with Crippen molar-refractivity contribution in [3.8, 4) is 0 Å². The molecule has 90 valence electrons. The molecule has 0 aliphatic carbocycles. The maximum atomic E-state index is 5.32. The Morgan fingerprint density at radius 3 is 3.06 bits per heavy atom. The van der Waals surface area contributed by atoms with Gasteiger partial charge in [0.05, 0.1) is 11.3 Å². The second-order valence-corrected chi connectivity index (χ2v) is 5.41. The predicted octanol–water partition coefficient (Wildman–Crippen LogP) is 2.70. The fourth-order valence-electron chi connectivity index (χ4n) is 1.97. The normalized spacial score (nSPS) is 23.2.